The number of hydrogen-bond donors (Lipinski definition) is 2. The number of nitrogens with zero attached hydrogens (tertiary/aromatic N) is 1. The molecule has 5 nitrogen and oxygen atoms in total. The van der Waals surface area contributed by atoms with Crippen molar-refractivity contribution in [3.05, 3.63) is 89.5 Å². The predicted octanol–water partition coefficient (Wildman–Crippen LogP) is 5.98. The molecule has 4 rings (SSSR count). The van der Waals surface area contributed by atoms with Crippen LogP contribution in [0.3, 0.4) is 0 Å². The first-order valence-electron chi connectivity index (χ1n) is 10.4. The van der Waals surface area contributed by atoms with Crippen LogP contribution in [0.15, 0.2) is 77.1 Å². The van der Waals surface area contributed by atoms with Crippen molar-refractivity contribution in [1.29, 1.82) is 0 Å². The highest BCUT2D eigenvalue weighted by Gasteiger charge is 2.17. The lowest BCUT2D eigenvalue weighted by Gasteiger charge is -2.11. The van der Waals surface area contributed by atoms with Gasteiger partial charge >= 0.3 is 0 Å². The van der Waals surface area contributed by atoms with E-state index in [-0.39, 0.29) is 11.8 Å². The second-order valence-electron chi connectivity index (χ2n) is 7.18. The normalized spacial score (nSPS) is 10.8. The maximum absolute atomic E-state index is 13.0. The molecule has 0 aliphatic heterocycles. The molecular weight excluding hydrogens is 438 g/mol. The average molecular weight is 462 g/mol. The summed E-state index contributed by atoms with van der Waals surface area (Å²) in [5.41, 5.74) is 3.28. The molecule has 0 fully saturated rings. The third-order valence-corrected chi connectivity index (χ3v) is 7.14. The molecule has 3 aromatic carbocycles. The van der Waals surface area contributed by atoms with Gasteiger partial charge in [0.2, 0.25) is 0 Å². The lowest BCUT2D eigenvalue weighted by atomic mass is 10.1. The van der Waals surface area contributed by atoms with Crippen LogP contribution in [0.2, 0.25) is 0 Å². The van der Waals surface area contributed by atoms with Gasteiger partial charge in [-0.3, -0.25) is 9.59 Å². The van der Waals surface area contributed by atoms with E-state index in [1.54, 1.807) is 47.4 Å². The summed E-state index contributed by atoms with van der Waals surface area (Å²) in [6.07, 6.45) is 1.10. The molecule has 0 saturated heterocycles. The Morgan fingerprint density at radius 2 is 1.66 bits per heavy atom. The summed E-state index contributed by atoms with van der Waals surface area (Å²) >= 11 is 3.37. The van der Waals surface area contributed by atoms with Crippen LogP contribution in [0.4, 0.5) is 5.69 Å². The molecule has 2 N–H and O–H groups in total. The van der Waals surface area contributed by atoms with Crippen LogP contribution >= 0.6 is 23.1 Å². The monoisotopic (exact) mass is 461 g/mol. The summed E-state index contributed by atoms with van der Waals surface area (Å²) in [5.74, 6) is 0.432. The fraction of sp³-hybridized carbons (Fsp3) is 0.160. The van der Waals surface area contributed by atoms with Crippen molar-refractivity contribution >= 4 is 50.8 Å². The Bertz CT molecular complexity index is 1240. The van der Waals surface area contributed by atoms with E-state index in [1.807, 2.05) is 48.5 Å². The fourth-order valence-electron chi connectivity index (χ4n) is 3.18. The third-order valence-electron chi connectivity index (χ3n) is 4.77. The summed E-state index contributed by atoms with van der Waals surface area (Å²) in [4.78, 5) is 30.4. The van der Waals surface area contributed by atoms with E-state index in [9.17, 15) is 9.59 Å². The number of carbonyl (C=O) groups excluding carboxylic acids is 2. The fourth-order valence-corrected chi connectivity index (χ4v) is 5.22. The van der Waals surface area contributed by atoms with E-state index in [0.717, 1.165) is 32.3 Å². The standard InChI is InChI=1S/C25H23N3O2S2/c1-2-14-31-25-28-21-13-12-18(15-22(21)32-25)27-24(30)20-11-7-6-10-19(20)23(29)26-16-17-8-4-3-5-9-17/h3-13,15H,2,14,16H2,1H3,(H,26,29)(H,27,30). The van der Waals surface area contributed by atoms with Crippen molar-refractivity contribution in [1.82, 2.24) is 10.3 Å². The first-order valence-corrected chi connectivity index (χ1v) is 12.2. The molecule has 4 aromatic rings. The van der Waals surface area contributed by atoms with Crippen molar-refractivity contribution in [3.63, 3.8) is 0 Å². The van der Waals surface area contributed by atoms with Crippen LogP contribution in [0, 0.1) is 0 Å². The van der Waals surface area contributed by atoms with E-state index in [2.05, 4.69) is 22.5 Å². The van der Waals surface area contributed by atoms with Gasteiger partial charge in [0.15, 0.2) is 4.34 Å². The minimum atomic E-state index is -0.320. The van der Waals surface area contributed by atoms with E-state index < -0.39 is 0 Å². The highest BCUT2D eigenvalue weighted by atomic mass is 32.2. The molecule has 32 heavy (non-hydrogen) atoms. The Balaban J connectivity index is 1.48. The summed E-state index contributed by atoms with van der Waals surface area (Å²) in [6.45, 7) is 2.55. The first-order chi connectivity index (χ1) is 15.6. The van der Waals surface area contributed by atoms with Crippen LogP contribution in [0.5, 0.6) is 0 Å². The number of benzene rings is 3. The second kappa shape index (κ2) is 10.4. The first kappa shape index (κ1) is 22.0. The highest BCUT2D eigenvalue weighted by Crippen LogP contribution is 2.31. The molecule has 0 spiro atoms. The lowest BCUT2D eigenvalue weighted by molar-refractivity contribution is 0.0938. The Labute approximate surface area is 195 Å². The average Bonchev–Trinajstić information content (AvgIpc) is 3.24. The number of aromatic nitrogens is 1. The molecule has 162 valence electrons. The maximum Gasteiger partial charge on any atom is 0.256 e. The number of carbonyl (C=O) groups is 2. The largest absolute Gasteiger partial charge is 0.348 e. The van der Waals surface area contributed by atoms with Crippen LogP contribution in [-0.4, -0.2) is 22.6 Å². The highest BCUT2D eigenvalue weighted by molar-refractivity contribution is 8.01. The molecule has 0 atom stereocenters. The maximum atomic E-state index is 13.0. The quantitative estimate of drug-likeness (QED) is 0.317. The Hall–Kier alpha value is -3.16. The number of fused-ring (bicyclic) bond motifs is 1. The van der Waals surface area contributed by atoms with Gasteiger partial charge in [0.25, 0.3) is 11.8 Å². The van der Waals surface area contributed by atoms with Gasteiger partial charge in [-0.25, -0.2) is 4.98 Å². The van der Waals surface area contributed by atoms with Crippen molar-refractivity contribution in [2.75, 3.05) is 11.1 Å². The Kier molecular flexibility index (Phi) is 7.19. The number of anilines is 1. The van der Waals surface area contributed by atoms with Gasteiger partial charge in [0.05, 0.1) is 21.3 Å². The number of nitrogens with one attached hydrogen (secondary N) is 2. The number of thioether (sulfide) groups is 1. The smallest absolute Gasteiger partial charge is 0.256 e. The zero-order valence-corrected chi connectivity index (χ0v) is 19.3. The van der Waals surface area contributed by atoms with Gasteiger partial charge in [-0.2, -0.15) is 0 Å². The van der Waals surface area contributed by atoms with Crippen molar-refractivity contribution in [2.24, 2.45) is 0 Å². The number of hydrogen-bond acceptors (Lipinski definition) is 5. The van der Waals surface area contributed by atoms with E-state index >= 15 is 0 Å². The molecule has 1 heterocycles. The van der Waals surface area contributed by atoms with E-state index in [4.69, 9.17) is 0 Å². The Morgan fingerprint density at radius 1 is 0.938 bits per heavy atom. The van der Waals surface area contributed by atoms with Gasteiger partial charge in [0, 0.05) is 18.0 Å². The van der Waals surface area contributed by atoms with Crippen LogP contribution in [-0.2, 0) is 6.54 Å². The van der Waals surface area contributed by atoms with Gasteiger partial charge in [-0.15, -0.1) is 11.3 Å². The third kappa shape index (κ3) is 5.36. The van der Waals surface area contributed by atoms with Crippen LogP contribution in [0.1, 0.15) is 39.6 Å². The summed E-state index contributed by atoms with van der Waals surface area (Å²) in [5, 5.41) is 5.82. The van der Waals surface area contributed by atoms with Gasteiger partial charge in [-0.05, 0) is 42.3 Å². The molecule has 0 saturated carbocycles. The van der Waals surface area contributed by atoms with Crippen molar-refractivity contribution < 1.29 is 9.59 Å². The summed E-state index contributed by atoms with van der Waals surface area (Å²) in [6, 6.07) is 22.2. The minimum absolute atomic E-state index is 0.282. The number of amides is 2. The van der Waals surface area contributed by atoms with Gasteiger partial charge in [-0.1, -0.05) is 61.2 Å². The van der Waals surface area contributed by atoms with Crippen molar-refractivity contribution in [3.8, 4) is 0 Å². The van der Waals surface area contributed by atoms with Crippen LogP contribution < -0.4 is 10.6 Å². The summed E-state index contributed by atoms with van der Waals surface area (Å²) < 4.78 is 2.06. The second-order valence-corrected chi connectivity index (χ2v) is 9.55. The molecule has 0 radical (unpaired) electrons. The molecule has 1 aromatic heterocycles. The molecule has 0 aliphatic rings. The van der Waals surface area contributed by atoms with E-state index in [0.29, 0.717) is 23.4 Å². The molecule has 0 bridgehead atoms. The zero-order valence-electron chi connectivity index (χ0n) is 17.6. The lowest BCUT2D eigenvalue weighted by Crippen LogP contribution is -2.26. The zero-order chi connectivity index (χ0) is 22.3. The SMILES string of the molecule is CCCSc1nc2ccc(NC(=O)c3ccccc3C(=O)NCc3ccccc3)cc2s1. The van der Waals surface area contributed by atoms with E-state index in [1.165, 1.54) is 0 Å². The number of rotatable bonds is 8. The predicted molar refractivity (Wildman–Crippen MR) is 133 cm³/mol. The minimum Gasteiger partial charge on any atom is -0.348 e. The molecule has 7 heteroatoms. The molecule has 0 unspecified atom stereocenters. The van der Waals surface area contributed by atoms with Gasteiger partial charge in [0.1, 0.15) is 0 Å². The van der Waals surface area contributed by atoms with Gasteiger partial charge < -0.3 is 10.6 Å². The Morgan fingerprint density at radius 3 is 2.41 bits per heavy atom. The summed E-state index contributed by atoms with van der Waals surface area (Å²) in [7, 11) is 0. The van der Waals surface area contributed by atoms with Crippen molar-refractivity contribution in [2.45, 2.75) is 24.2 Å². The number of thiazole rings is 1. The molecule has 2 amide bonds. The molecule has 0 aliphatic carbocycles. The molecular formula is C25H23N3O2S2. The topological polar surface area (TPSA) is 71.1 Å². The van der Waals surface area contributed by atoms with Crippen LogP contribution in [0.25, 0.3) is 10.2 Å².